The number of hydrogen-bond donors (Lipinski definition) is 0. The highest BCUT2D eigenvalue weighted by atomic mass is 16.5. The number of aromatic nitrogens is 3. The van der Waals surface area contributed by atoms with Crippen LogP contribution in [0.25, 0.3) is 11.1 Å². The van der Waals surface area contributed by atoms with E-state index in [0.717, 1.165) is 30.1 Å². The van der Waals surface area contributed by atoms with E-state index in [1.54, 1.807) is 0 Å². The van der Waals surface area contributed by atoms with Gasteiger partial charge in [0.2, 0.25) is 0 Å². The second-order valence-corrected chi connectivity index (χ2v) is 3.96. The number of aryl methyl sites for hydroxylation is 1. The Morgan fingerprint density at radius 1 is 1.31 bits per heavy atom. The second kappa shape index (κ2) is 3.72. The van der Waals surface area contributed by atoms with E-state index >= 15 is 0 Å². The lowest BCUT2D eigenvalue weighted by molar-refractivity contribution is 0.161. The molecule has 0 N–H and O–H groups in total. The van der Waals surface area contributed by atoms with Crippen molar-refractivity contribution >= 4 is 11.1 Å². The summed E-state index contributed by atoms with van der Waals surface area (Å²) in [4.78, 5) is 8.72. The molecule has 0 amide bonds. The van der Waals surface area contributed by atoms with Crippen molar-refractivity contribution in [3.63, 3.8) is 0 Å². The first-order chi connectivity index (χ1) is 7.84. The number of ether oxygens (including phenoxy) is 1. The molecule has 0 saturated carbocycles. The van der Waals surface area contributed by atoms with Gasteiger partial charge in [0.1, 0.15) is 5.82 Å². The second-order valence-electron chi connectivity index (χ2n) is 3.96. The van der Waals surface area contributed by atoms with Crippen molar-refractivity contribution in [3.05, 3.63) is 36.2 Å². The molecule has 3 heterocycles. The topological polar surface area (TPSA) is 39.4 Å². The van der Waals surface area contributed by atoms with Crippen molar-refractivity contribution in [1.82, 2.24) is 14.4 Å². The molecule has 0 aromatic carbocycles. The van der Waals surface area contributed by atoms with E-state index in [9.17, 15) is 0 Å². The Kier molecular flexibility index (Phi) is 2.22. The summed E-state index contributed by atoms with van der Waals surface area (Å²) in [5, 5.41) is 0. The van der Waals surface area contributed by atoms with E-state index in [0.29, 0.717) is 6.61 Å². The molecule has 0 spiro atoms. The van der Waals surface area contributed by atoms with Gasteiger partial charge in [0.25, 0.3) is 0 Å². The Morgan fingerprint density at radius 3 is 3.00 bits per heavy atom. The van der Waals surface area contributed by atoms with Crippen LogP contribution < -0.4 is 0 Å². The van der Waals surface area contributed by atoms with Crippen molar-refractivity contribution < 1.29 is 4.74 Å². The molecule has 0 unspecified atom stereocenters. The number of imidazole rings is 1. The van der Waals surface area contributed by atoms with E-state index in [4.69, 9.17) is 4.74 Å². The molecule has 0 aliphatic carbocycles. The summed E-state index contributed by atoms with van der Waals surface area (Å²) in [5.74, 6) is 1.02. The summed E-state index contributed by atoms with van der Waals surface area (Å²) in [5.41, 5.74) is 3.30. The summed E-state index contributed by atoms with van der Waals surface area (Å²) in [6.07, 6.45) is 8.77. The maximum Gasteiger partial charge on any atom is 0.140 e. The molecule has 16 heavy (non-hydrogen) atoms. The smallest absolute Gasteiger partial charge is 0.140 e. The van der Waals surface area contributed by atoms with Crippen molar-refractivity contribution in [1.29, 1.82) is 0 Å². The lowest BCUT2D eigenvalue weighted by atomic mass is 10.1. The number of rotatable bonds is 1. The average Bonchev–Trinajstić information content (AvgIpc) is 2.73. The van der Waals surface area contributed by atoms with Crippen molar-refractivity contribution in [2.45, 2.75) is 13.3 Å². The maximum atomic E-state index is 5.31. The van der Waals surface area contributed by atoms with Crippen molar-refractivity contribution in [2.24, 2.45) is 0 Å². The van der Waals surface area contributed by atoms with Gasteiger partial charge in [-0.3, -0.25) is 9.38 Å². The van der Waals surface area contributed by atoms with Gasteiger partial charge in [0, 0.05) is 6.20 Å². The molecule has 0 bridgehead atoms. The number of hydrogen-bond acceptors (Lipinski definition) is 3. The zero-order valence-corrected chi connectivity index (χ0v) is 9.18. The molecule has 2 aromatic rings. The van der Waals surface area contributed by atoms with Gasteiger partial charge in [-0.15, -0.1) is 0 Å². The van der Waals surface area contributed by atoms with Crippen LogP contribution in [0.5, 0.6) is 0 Å². The molecule has 4 nitrogen and oxygen atoms in total. The minimum atomic E-state index is 0.689. The van der Waals surface area contributed by atoms with Crippen LogP contribution in [0, 0.1) is 6.92 Å². The summed E-state index contributed by atoms with van der Waals surface area (Å²) in [6, 6.07) is 0. The lowest BCUT2D eigenvalue weighted by Gasteiger charge is -2.12. The highest BCUT2D eigenvalue weighted by Crippen LogP contribution is 2.21. The zero-order valence-electron chi connectivity index (χ0n) is 9.18. The molecule has 0 saturated heterocycles. The van der Waals surface area contributed by atoms with Crippen LogP contribution in [0.2, 0.25) is 0 Å². The zero-order chi connectivity index (χ0) is 11.0. The molecule has 4 heteroatoms. The van der Waals surface area contributed by atoms with Gasteiger partial charge in [0.15, 0.2) is 0 Å². The maximum absolute atomic E-state index is 5.31. The summed E-state index contributed by atoms with van der Waals surface area (Å²) < 4.78 is 7.40. The molecule has 0 radical (unpaired) electrons. The minimum absolute atomic E-state index is 0.689. The predicted molar refractivity (Wildman–Crippen MR) is 61.1 cm³/mol. The van der Waals surface area contributed by atoms with Crippen LogP contribution >= 0.6 is 0 Å². The van der Waals surface area contributed by atoms with Crippen LogP contribution in [0.1, 0.15) is 17.9 Å². The summed E-state index contributed by atoms with van der Waals surface area (Å²) >= 11 is 0. The van der Waals surface area contributed by atoms with Crippen LogP contribution in [-0.2, 0) is 4.74 Å². The number of fused-ring (bicyclic) bond motifs is 1. The number of nitrogens with zero attached hydrogens (tertiary/aromatic N) is 3. The Bertz CT molecular complexity index is 556. The standard InChI is InChI=1S/C12H13N3O/c1-9-8-15-11(6-13-9)7-14-12(15)10-2-4-16-5-3-10/h2,6-8H,3-5H2,1H3. The Hall–Kier alpha value is -1.68. The van der Waals surface area contributed by atoms with Gasteiger partial charge in [-0.05, 0) is 18.9 Å². The van der Waals surface area contributed by atoms with E-state index in [-0.39, 0.29) is 0 Å². The first-order valence-electron chi connectivity index (χ1n) is 5.41. The third-order valence-corrected chi connectivity index (χ3v) is 2.79. The van der Waals surface area contributed by atoms with Crippen molar-refractivity contribution in [3.8, 4) is 0 Å². The van der Waals surface area contributed by atoms with Crippen molar-refractivity contribution in [2.75, 3.05) is 13.2 Å². The Morgan fingerprint density at radius 2 is 2.19 bits per heavy atom. The van der Waals surface area contributed by atoms with E-state index in [1.165, 1.54) is 5.57 Å². The lowest BCUT2D eigenvalue weighted by Crippen LogP contribution is -2.06. The van der Waals surface area contributed by atoms with Crippen LogP contribution in [0.15, 0.2) is 24.7 Å². The molecule has 3 rings (SSSR count). The van der Waals surface area contributed by atoms with Gasteiger partial charge in [-0.2, -0.15) is 0 Å². The van der Waals surface area contributed by atoms with Gasteiger partial charge in [0.05, 0.1) is 36.8 Å². The normalized spacial score (nSPS) is 16.4. The average molecular weight is 215 g/mol. The minimum Gasteiger partial charge on any atom is -0.377 e. The van der Waals surface area contributed by atoms with E-state index in [2.05, 4.69) is 20.4 Å². The molecular formula is C12H13N3O. The molecule has 1 aliphatic rings. The molecule has 1 aliphatic heterocycles. The molecule has 0 fully saturated rings. The Balaban J connectivity index is 2.16. The fraction of sp³-hybridized carbons (Fsp3) is 0.333. The Labute approximate surface area is 93.6 Å². The van der Waals surface area contributed by atoms with E-state index < -0.39 is 0 Å². The largest absolute Gasteiger partial charge is 0.377 e. The van der Waals surface area contributed by atoms with Gasteiger partial charge in [-0.1, -0.05) is 6.08 Å². The monoisotopic (exact) mass is 215 g/mol. The van der Waals surface area contributed by atoms with Gasteiger partial charge in [-0.25, -0.2) is 4.98 Å². The van der Waals surface area contributed by atoms with Gasteiger partial charge < -0.3 is 4.74 Å². The van der Waals surface area contributed by atoms with E-state index in [1.807, 2.05) is 25.5 Å². The third-order valence-electron chi connectivity index (χ3n) is 2.79. The molecule has 0 atom stereocenters. The fourth-order valence-corrected chi connectivity index (χ4v) is 1.96. The van der Waals surface area contributed by atoms with Crippen LogP contribution in [0.4, 0.5) is 0 Å². The SMILES string of the molecule is Cc1cn2c(C3=CCOCC3)ncc2cn1. The quantitative estimate of drug-likeness (QED) is 0.728. The third kappa shape index (κ3) is 1.51. The molecular weight excluding hydrogens is 202 g/mol. The van der Waals surface area contributed by atoms with Gasteiger partial charge >= 0.3 is 0 Å². The highest BCUT2D eigenvalue weighted by molar-refractivity contribution is 5.64. The molecule has 2 aromatic heterocycles. The fourth-order valence-electron chi connectivity index (χ4n) is 1.96. The first-order valence-corrected chi connectivity index (χ1v) is 5.41. The van der Waals surface area contributed by atoms with Crippen LogP contribution in [0.3, 0.4) is 0 Å². The summed E-state index contributed by atoms with van der Waals surface area (Å²) in [7, 11) is 0. The first kappa shape index (κ1) is 9.54. The van der Waals surface area contributed by atoms with Crippen LogP contribution in [-0.4, -0.2) is 27.6 Å². The molecule has 82 valence electrons. The summed E-state index contributed by atoms with van der Waals surface area (Å²) in [6.45, 7) is 3.46. The predicted octanol–water partition coefficient (Wildman–Crippen LogP) is 1.84. The highest BCUT2D eigenvalue weighted by Gasteiger charge is 2.11.